The molecule has 30 heavy (non-hydrogen) atoms. The second-order valence-electron chi connectivity index (χ2n) is 6.41. The van der Waals surface area contributed by atoms with Crippen molar-refractivity contribution in [3.05, 3.63) is 71.4 Å². The molecular formula is C22H20N4O4. The maximum absolute atomic E-state index is 12.7. The van der Waals surface area contributed by atoms with Crippen LogP contribution in [-0.4, -0.2) is 35.3 Å². The number of benzene rings is 1. The lowest BCUT2D eigenvalue weighted by molar-refractivity contribution is 0.0945. The number of ether oxygens (including phenoxy) is 2. The van der Waals surface area contributed by atoms with Crippen molar-refractivity contribution >= 4 is 29.0 Å². The van der Waals surface area contributed by atoms with Gasteiger partial charge in [0.15, 0.2) is 0 Å². The Labute approximate surface area is 172 Å². The first-order valence-electron chi connectivity index (χ1n) is 9.23. The monoisotopic (exact) mass is 404 g/mol. The van der Waals surface area contributed by atoms with E-state index in [9.17, 15) is 4.79 Å². The molecule has 0 saturated carbocycles. The number of furan rings is 1. The summed E-state index contributed by atoms with van der Waals surface area (Å²) in [4.78, 5) is 16.9. The summed E-state index contributed by atoms with van der Waals surface area (Å²) in [5, 5.41) is 10.9. The van der Waals surface area contributed by atoms with E-state index >= 15 is 0 Å². The molecule has 0 aliphatic rings. The van der Waals surface area contributed by atoms with Crippen LogP contribution in [0, 0.1) is 0 Å². The number of rotatable bonds is 7. The normalized spacial score (nSPS) is 11.1. The van der Waals surface area contributed by atoms with Crippen LogP contribution in [0.15, 0.2) is 53.3 Å². The van der Waals surface area contributed by atoms with Gasteiger partial charge >= 0.3 is 0 Å². The molecule has 0 unspecified atom stereocenters. The van der Waals surface area contributed by atoms with E-state index in [0.717, 1.165) is 16.5 Å². The number of nitrogens with one attached hydrogen (secondary N) is 2. The Morgan fingerprint density at radius 3 is 2.77 bits per heavy atom. The van der Waals surface area contributed by atoms with Gasteiger partial charge in [-0.2, -0.15) is 5.10 Å². The van der Waals surface area contributed by atoms with Crippen LogP contribution in [0.3, 0.4) is 0 Å². The molecule has 0 aliphatic heterocycles. The molecule has 0 fully saturated rings. The van der Waals surface area contributed by atoms with E-state index in [1.54, 1.807) is 49.9 Å². The molecule has 8 nitrogen and oxygen atoms in total. The lowest BCUT2D eigenvalue weighted by Crippen LogP contribution is -2.23. The number of pyridine rings is 1. The lowest BCUT2D eigenvalue weighted by Gasteiger charge is -2.10. The molecule has 4 rings (SSSR count). The zero-order chi connectivity index (χ0) is 20.9. The second kappa shape index (κ2) is 8.52. The highest BCUT2D eigenvalue weighted by atomic mass is 16.5. The molecule has 3 aromatic heterocycles. The molecule has 0 atom stereocenters. The van der Waals surface area contributed by atoms with Gasteiger partial charge in [-0.05, 0) is 42.0 Å². The van der Waals surface area contributed by atoms with Crippen LogP contribution in [-0.2, 0) is 6.54 Å². The molecule has 8 heteroatoms. The van der Waals surface area contributed by atoms with Gasteiger partial charge in [-0.15, -0.1) is 0 Å². The van der Waals surface area contributed by atoms with Gasteiger partial charge in [0.2, 0.25) is 5.88 Å². The molecule has 0 bridgehead atoms. The Kier molecular flexibility index (Phi) is 5.47. The highest BCUT2D eigenvalue weighted by Crippen LogP contribution is 2.32. The summed E-state index contributed by atoms with van der Waals surface area (Å²) < 4.78 is 15.9. The van der Waals surface area contributed by atoms with Crippen molar-refractivity contribution in [1.82, 2.24) is 20.5 Å². The van der Waals surface area contributed by atoms with E-state index in [2.05, 4.69) is 20.5 Å². The van der Waals surface area contributed by atoms with Gasteiger partial charge in [-0.1, -0.05) is 6.08 Å². The molecule has 152 valence electrons. The summed E-state index contributed by atoms with van der Waals surface area (Å²) in [5.74, 6) is 1.40. The minimum Gasteiger partial charge on any atom is -0.495 e. The minimum absolute atomic E-state index is 0.263. The third-order valence-electron chi connectivity index (χ3n) is 4.56. The number of carbonyl (C=O) groups is 1. The molecule has 3 heterocycles. The summed E-state index contributed by atoms with van der Waals surface area (Å²) >= 11 is 0. The van der Waals surface area contributed by atoms with Gasteiger partial charge in [0.25, 0.3) is 5.91 Å². The minimum atomic E-state index is -0.263. The zero-order valence-electron chi connectivity index (χ0n) is 16.5. The van der Waals surface area contributed by atoms with Crippen LogP contribution in [0.5, 0.6) is 11.6 Å². The van der Waals surface area contributed by atoms with E-state index in [1.165, 1.54) is 7.11 Å². The highest BCUT2D eigenvalue weighted by molar-refractivity contribution is 6.05. The number of hydrogen-bond donors (Lipinski definition) is 2. The van der Waals surface area contributed by atoms with Crippen LogP contribution in [0.1, 0.15) is 27.4 Å². The summed E-state index contributed by atoms with van der Waals surface area (Å²) in [7, 11) is 3.11. The Bertz CT molecular complexity index is 1180. The van der Waals surface area contributed by atoms with E-state index in [1.807, 2.05) is 18.2 Å². The number of amides is 1. The van der Waals surface area contributed by atoms with Crippen molar-refractivity contribution in [2.75, 3.05) is 14.2 Å². The number of aromatic nitrogens is 3. The highest BCUT2D eigenvalue weighted by Gasteiger charge is 2.19. The maximum atomic E-state index is 12.7. The number of H-pyrrole nitrogens is 1. The Balaban J connectivity index is 1.63. The first-order valence-corrected chi connectivity index (χ1v) is 9.23. The second-order valence-corrected chi connectivity index (χ2v) is 6.41. The van der Waals surface area contributed by atoms with E-state index < -0.39 is 0 Å². The topological polar surface area (TPSA) is 102 Å². The SMILES string of the molecule is COc1ccc(/C=C/c2n[nH]c3ccc(C(=O)NCc4ccco4)c(OC)c23)cn1. The van der Waals surface area contributed by atoms with Gasteiger partial charge in [0.1, 0.15) is 11.5 Å². The Hall–Kier alpha value is -4.07. The van der Waals surface area contributed by atoms with Gasteiger partial charge in [0.05, 0.1) is 49.2 Å². The van der Waals surface area contributed by atoms with Gasteiger partial charge in [-0.3, -0.25) is 9.89 Å². The average Bonchev–Trinajstić information content (AvgIpc) is 3.45. The molecule has 0 aliphatic carbocycles. The van der Waals surface area contributed by atoms with Crippen molar-refractivity contribution in [2.45, 2.75) is 6.54 Å². The van der Waals surface area contributed by atoms with Crippen LogP contribution < -0.4 is 14.8 Å². The largest absolute Gasteiger partial charge is 0.495 e. The number of methoxy groups -OCH3 is 2. The Morgan fingerprint density at radius 1 is 1.17 bits per heavy atom. The van der Waals surface area contributed by atoms with Crippen molar-refractivity contribution in [1.29, 1.82) is 0 Å². The number of aromatic amines is 1. The molecule has 4 aromatic rings. The van der Waals surface area contributed by atoms with Gasteiger partial charge in [0, 0.05) is 12.3 Å². The first kappa shape index (κ1) is 19.3. The van der Waals surface area contributed by atoms with Crippen LogP contribution >= 0.6 is 0 Å². The molecule has 0 spiro atoms. The van der Waals surface area contributed by atoms with E-state index in [-0.39, 0.29) is 12.5 Å². The molecule has 1 amide bonds. The summed E-state index contributed by atoms with van der Waals surface area (Å²) in [5.41, 5.74) is 2.72. The van der Waals surface area contributed by atoms with Crippen LogP contribution in [0.2, 0.25) is 0 Å². The standard InChI is InChI=1S/C22H20N4O4/c1-28-19-10-6-14(12-23-19)5-8-17-20-18(26-25-17)9-7-16(21(20)29-2)22(27)24-13-15-4-3-11-30-15/h3-12H,13H2,1-2H3,(H,24,27)(H,25,26)/b8-5+. The first-order chi connectivity index (χ1) is 14.7. The third-order valence-corrected chi connectivity index (χ3v) is 4.56. The van der Waals surface area contributed by atoms with Crippen LogP contribution in [0.4, 0.5) is 0 Å². The van der Waals surface area contributed by atoms with Crippen molar-refractivity contribution in [3.8, 4) is 11.6 Å². The van der Waals surface area contributed by atoms with E-state index in [0.29, 0.717) is 28.6 Å². The summed E-state index contributed by atoms with van der Waals surface area (Å²) in [6, 6.07) is 10.8. The lowest BCUT2D eigenvalue weighted by atomic mass is 10.1. The van der Waals surface area contributed by atoms with Crippen molar-refractivity contribution in [3.63, 3.8) is 0 Å². The predicted molar refractivity (Wildman–Crippen MR) is 112 cm³/mol. The van der Waals surface area contributed by atoms with E-state index in [4.69, 9.17) is 13.9 Å². The fourth-order valence-corrected chi connectivity index (χ4v) is 3.08. The van der Waals surface area contributed by atoms with Crippen molar-refractivity contribution < 1.29 is 18.7 Å². The maximum Gasteiger partial charge on any atom is 0.255 e. The number of hydrogen-bond acceptors (Lipinski definition) is 6. The van der Waals surface area contributed by atoms with Gasteiger partial charge in [-0.25, -0.2) is 4.98 Å². The fraction of sp³-hybridized carbons (Fsp3) is 0.136. The number of nitrogens with zero attached hydrogens (tertiary/aromatic N) is 2. The molecule has 2 N–H and O–H groups in total. The fourth-order valence-electron chi connectivity index (χ4n) is 3.08. The van der Waals surface area contributed by atoms with Gasteiger partial charge < -0.3 is 19.2 Å². The predicted octanol–water partition coefficient (Wildman–Crippen LogP) is 3.67. The molecule has 0 saturated heterocycles. The quantitative estimate of drug-likeness (QED) is 0.487. The molecule has 0 radical (unpaired) electrons. The summed E-state index contributed by atoms with van der Waals surface area (Å²) in [6.07, 6.45) is 6.99. The number of carbonyl (C=O) groups excluding carboxylic acids is 1. The summed E-state index contributed by atoms with van der Waals surface area (Å²) in [6.45, 7) is 0.287. The third kappa shape index (κ3) is 3.88. The van der Waals surface area contributed by atoms with Crippen molar-refractivity contribution in [2.24, 2.45) is 0 Å². The smallest absolute Gasteiger partial charge is 0.255 e. The average molecular weight is 404 g/mol. The van der Waals surface area contributed by atoms with Crippen LogP contribution in [0.25, 0.3) is 23.1 Å². The Morgan fingerprint density at radius 2 is 2.07 bits per heavy atom. The molecule has 1 aromatic carbocycles. The molecular weight excluding hydrogens is 384 g/mol. The number of fused-ring (bicyclic) bond motifs is 1. The zero-order valence-corrected chi connectivity index (χ0v) is 16.5.